The van der Waals surface area contributed by atoms with E-state index in [-0.39, 0.29) is 38.0 Å². The van der Waals surface area contributed by atoms with Crippen molar-refractivity contribution in [1.82, 2.24) is 10.3 Å². The molecule has 0 saturated carbocycles. The quantitative estimate of drug-likeness (QED) is 0.442. The Hall–Kier alpha value is -2.43. The Bertz CT molecular complexity index is 531. The van der Waals surface area contributed by atoms with Gasteiger partial charge in [-0.1, -0.05) is 11.8 Å². The zero-order valence-electron chi connectivity index (χ0n) is 11.5. The standard InChI is InChI=1S/C14H17N3O4/c15-13(19)10-21-8-6-16-14(20)12-5-4-11(9-17-12)3-1-2-7-18/h4-5,9,18H,2,6-8,10H2,(H2,15,19)(H,16,20). The van der Waals surface area contributed by atoms with Crippen molar-refractivity contribution >= 4 is 11.8 Å². The fraction of sp³-hybridized carbons (Fsp3) is 0.357. The molecule has 1 rings (SSSR count). The molecule has 7 nitrogen and oxygen atoms in total. The third-order valence-corrected chi connectivity index (χ3v) is 2.24. The van der Waals surface area contributed by atoms with E-state index in [1.165, 1.54) is 6.20 Å². The van der Waals surface area contributed by atoms with Gasteiger partial charge in [0.2, 0.25) is 5.91 Å². The van der Waals surface area contributed by atoms with Crippen molar-refractivity contribution in [2.24, 2.45) is 5.73 Å². The third kappa shape index (κ3) is 7.06. The van der Waals surface area contributed by atoms with E-state index in [0.29, 0.717) is 12.0 Å². The summed E-state index contributed by atoms with van der Waals surface area (Å²) in [5, 5.41) is 11.2. The van der Waals surface area contributed by atoms with Gasteiger partial charge >= 0.3 is 0 Å². The lowest BCUT2D eigenvalue weighted by Crippen LogP contribution is -2.29. The molecule has 1 aromatic heterocycles. The van der Waals surface area contributed by atoms with Crippen LogP contribution in [-0.4, -0.2) is 48.3 Å². The number of aliphatic hydroxyl groups is 1. The molecule has 1 aromatic rings. The minimum Gasteiger partial charge on any atom is -0.395 e. The fourth-order valence-electron chi connectivity index (χ4n) is 1.32. The van der Waals surface area contributed by atoms with Gasteiger partial charge in [-0.25, -0.2) is 4.98 Å². The van der Waals surface area contributed by atoms with Gasteiger partial charge in [-0.15, -0.1) is 0 Å². The summed E-state index contributed by atoms with van der Waals surface area (Å²) in [5.74, 6) is 4.68. The summed E-state index contributed by atoms with van der Waals surface area (Å²) in [4.78, 5) is 26.1. The van der Waals surface area contributed by atoms with Crippen LogP contribution in [0, 0.1) is 11.8 Å². The third-order valence-electron chi connectivity index (χ3n) is 2.24. The number of hydrogen-bond acceptors (Lipinski definition) is 5. The smallest absolute Gasteiger partial charge is 0.269 e. The molecule has 0 unspecified atom stereocenters. The normalized spacial score (nSPS) is 9.57. The monoisotopic (exact) mass is 291 g/mol. The van der Waals surface area contributed by atoms with Crippen LogP contribution in [0.2, 0.25) is 0 Å². The van der Waals surface area contributed by atoms with Crippen molar-refractivity contribution in [3.8, 4) is 11.8 Å². The van der Waals surface area contributed by atoms with Gasteiger partial charge in [-0.3, -0.25) is 9.59 Å². The highest BCUT2D eigenvalue weighted by molar-refractivity contribution is 5.92. The van der Waals surface area contributed by atoms with Crippen LogP contribution in [0.4, 0.5) is 0 Å². The van der Waals surface area contributed by atoms with Gasteiger partial charge in [-0.2, -0.15) is 0 Å². The molecule has 112 valence electrons. The van der Waals surface area contributed by atoms with Crippen LogP contribution in [0.25, 0.3) is 0 Å². The number of primary amides is 1. The largest absolute Gasteiger partial charge is 0.395 e. The van der Waals surface area contributed by atoms with E-state index < -0.39 is 5.91 Å². The van der Waals surface area contributed by atoms with Gasteiger partial charge in [0, 0.05) is 24.7 Å². The first kappa shape index (κ1) is 16.6. The van der Waals surface area contributed by atoms with E-state index in [1.54, 1.807) is 12.1 Å². The van der Waals surface area contributed by atoms with Crippen LogP contribution in [0.1, 0.15) is 22.5 Å². The van der Waals surface area contributed by atoms with Crippen molar-refractivity contribution < 1.29 is 19.4 Å². The maximum atomic E-state index is 11.7. The molecule has 0 bridgehead atoms. The molecule has 4 N–H and O–H groups in total. The lowest BCUT2D eigenvalue weighted by molar-refractivity contribution is -0.122. The Labute approximate surface area is 122 Å². The Balaban J connectivity index is 2.38. The Kier molecular flexibility index (Phi) is 7.50. The molecule has 1 heterocycles. The van der Waals surface area contributed by atoms with Crippen molar-refractivity contribution in [1.29, 1.82) is 0 Å². The van der Waals surface area contributed by atoms with Crippen LogP contribution >= 0.6 is 0 Å². The highest BCUT2D eigenvalue weighted by Crippen LogP contribution is 1.99. The maximum absolute atomic E-state index is 11.7. The molecular formula is C14H17N3O4. The van der Waals surface area contributed by atoms with Crippen LogP contribution in [-0.2, 0) is 9.53 Å². The van der Waals surface area contributed by atoms with Crippen molar-refractivity contribution in [2.45, 2.75) is 6.42 Å². The first-order valence-electron chi connectivity index (χ1n) is 6.33. The summed E-state index contributed by atoms with van der Waals surface area (Å²) >= 11 is 0. The Morgan fingerprint density at radius 1 is 1.43 bits per heavy atom. The van der Waals surface area contributed by atoms with Crippen molar-refractivity contribution in [3.05, 3.63) is 29.6 Å². The SMILES string of the molecule is NC(=O)COCCNC(=O)c1ccc(C#CCCO)cn1. The van der Waals surface area contributed by atoms with Gasteiger partial charge in [0.25, 0.3) is 5.91 Å². The molecule has 0 radical (unpaired) electrons. The van der Waals surface area contributed by atoms with Gasteiger partial charge in [0.1, 0.15) is 12.3 Å². The van der Waals surface area contributed by atoms with Crippen molar-refractivity contribution in [3.63, 3.8) is 0 Å². The van der Waals surface area contributed by atoms with Gasteiger partial charge in [0.05, 0.1) is 13.2 Å². The van der Waals surface area contributed by atoms with E-state index in [0.717, 1.165) is 0 Å². The molecule has 0 fully saturated rings. The number of carbonyl (C=O) groups is 2. The highest BCUT2D eigenvalue weighted by Gasteiger charge is 2.05. The lowest BCUT2D eigenvalue weighted by atomic mass is 10.2. The summed E-state index contributed by atoms with van der Waals surface area (Å²) in [6, 6.07) is 3.23. The zero-order valence-corrected chi connectivity index (χ0v) is 11.5. The average Bonchev–Trinajstić information content (AvgIpc) is 2.47. The predicted molar refractivity (Wildman–Crippen MR) is 75.2 cm³/mol. The van der Waals surface area contributed by atoms with E-state index in [1.807, 2.05) is 0 Å². The molecule has 0 atom stereocenters. The Morgan fingerprint density at radius 3 is 2.86 bits per heavy atom. The van der Waals surface area contributed by atoms with Gasteiger partial charge < -0.3 is 20.9 Å². The second-order valence-corrected chi connectivity index (χ2v) is 3.98. The van der Waals surface area contributed by atoms with Crippen LogP contribution in [0.15, 0.2) is 18.3 Å². The summed E-state index contributed by atoms with van der Waals surface area (Å²) < 4.78 is 4.91. The maximum Gasteiger partial charge on any atom is 0.269 e. The summed E-state index contributed by atoms with van der Waals surface area (Å²) in [6.07, 6.45) is 1.89. The molecule has 0 spiro atoms. The van der Waals surface area contributed by atoms with E-state index in [2.05, 4.69) is 22.1 Å². The molecule has 0 saturated heterocycles. The average molecular weight is 291 g/mol. The van der Waals surface area contributed by atoms with Crippen LogP contribution < -0.4 is 11.1 Å². The minimum absolute atomic E-state index is 0.0126. The number of nitrogens with one attached hydrogen (secondary N) is 1. The van der Waals surface area contributed by atoms with E-state index >= 15 is 0 Å². The molecular weight excluding hydrogens is 274 g/mol. The van der Waals surface area contributed by atoms with Gasteiger partial charge in [-0.05, 0) is 12.1 Å². The van der Waals surface area contributed by atoms with Crippen LogP contribution in [0.5, 0.6) is 0 Å². The topological polar surface area (TPSA) is 115 Å². The number of aliphatic hydroxyl groups excluding tert-OH is 1. The Morgan fingerprint density at radius 2 is 2.24 bits per heavy atom. The molecule has 2 amide bonds. The number of hydrogen-bond donors (Lipinski definition) is 3. The number of rotatable bonds is 7. The van der Waals surface area contributed by atoms with Gasteiger partial charge in [0.15, 0.2) is 0 Å². The molecule has 0 aromatic carbocycles. The molecule has 7 heteroatoms. The first-order valence-corrected chi connectivity index (χ1v) is 6.33. The number of aromatic nitrogens is 1. The molecule has 21 heavy (non-hydrogen) atoms. The first-order chi connectivity index (χ1) is 10.1. The number of nitrogens with zero attached hydrogens (tertiary/aromatic N) is 1. The summed E-state index contributed by atoms with van der Waals surface area (Å²) in [7, 11) is 0. The van der Waals surface area contributed by atoms with E-state index in [9.17, 15) is 9.59 Å². The predicted octanol–water partition coefficient (Wildman–Crippen LogP) is -0.953. The lowest BCUT2D eigenvalue weighted by Gasteiger charge is -2.04. The second-order valence-electron chi connectivity index (χ2n) is 3.98. The zero-order chi connectivity index (χ0) is 15.5. The summed E-state index contributed by atoms with van der Waals surface area (Å²) in [6.45, 7) is 0.291. The van der Waals surface area contributed by atoms with Crippen LogP contribution in [0.3, 0.4) is 0 Å². The van der Waals surface area contributed by atoms with Crippen molar-refractivity contribution in [2.75, 3.05) is 26.4 Å². The highest BCUT2D eigenvalue weighted by atomic mass is 16.5. The number of amides is 2. The number of ether oxygens (including phenoxy) is 1. The number of nitrogens with two attached hydrogens (primary N) is 1. The van der Waals surface area contributed by atoms with E-state index in [4.69, 9.17) is 15.6 Å². The summed E-state index contributed by atoms with van der Waals surface area (Å²) in [5.41, 5.74) is 5.83. The number of carbonyl (C=O) groups excluding carboxylic acids is 2. The molecule has 0 aliphatic heterocycles. The molecule has 0 aliphatic rings. The minimum atomic E-state index is -0.555. The fourth-order valence-corrected chi connectivity index (χ4v) is 1.32. The molecule has 0 aliphatic carbocycles. The second kappa shape index (κ2) is 9.47. The number of pyridine rings is 1.